The standard InChI is InChI=1S/C14H22N2O4/c1-2-3-12-15-13(20-16-12)10-17-11-4-6-14(7-5-11)18-8-9-19-14/h11H,2-10H2,1H3. The summed E-state index contributed by atoms with van der Waals surface area (Å²) in [6.45, 7) is 3.93. The van der Waals surface area contributed by atoms with Gasteiger partial charge in [0.05, 0.1) is 19.3 Å². The average Bonchev–Trinajstić information content (AvgIpc) is 3.09. The van der Waals surface area contributed by atoms with E-state index in [-0.39, 0.29) is 11.9 Å². The lowest BCUT2D eigenvalue weighted by molar-refractivity contribution is -0.193. The maximum atomic E-state index is 5.86. The molecule has 0 unspecified atom stereocenters. The minimum Gasteiger partial charge on any atom is -0.368 e. The fraction of sp³-hybridized carbons (Fsp3) is 0.857. The molecule has 1 aliphatic heterocycles. The molecule has 0 atom stereocenters. The molecule has 1 saturated carbocycles. The number of nitrogens with zero attached hydrogens (tertiary/aromatic N) is 2. The van der Waals surface area contributed by atoms with Crippen LogP contribution in [0.15, 0.2) is 4.52 Å². The van der Waals surface area contributed by atoms with Gasteiger partial charge in [0, 0.05) is 19.3 Å². The molecule has 1 saturated heterocycles. The van der Waals surface area contributed by atoms with Gasteiger partial charge < -0.3 is 18.7 Å². The van der Waals surface area contributed by atoms with Crippen LogP contribution in [0.3, 0.4) is 0 Å². The van der Waals surface area contributed by atoms with E-state index < -0.39 is 0 Å². The van der Waals surface area contributed by atoms with Gasteiger partial charge in [-0.2, -0.15) is 4.98 Å². The van der Waals surface area contributed by atoms with Crippen molar-refractivity contribution in [3.05, 3.63) is 11.7 Å². The summed E-state index contributed by atoms with van der Waals surface area (Å²) in [6, 6.07) is 0. The molecule has 0 radical (unpaired) electrons. The van der Waals surface area contributed by atoms with Crippen LogP contribution in [-0.4, -0.2) is 35.2 Å². The maximum absolute atomic E-state index is 5.86. The lowest BCUT2D eigenvalue weighted by Crippen LogP contribution is -2.37. The summed E-state index contributed by atoms with van der Waals surface area (Å²) in [7, 11) is 0. The summed E-state index contributed by atoms with van der Waals surface area (Å²) in [5.74, 6) is 1.02. The number of aryl methyl sites for hydroxylation is 1. The predicted molar refractivity (Wildman–Crippen MR) is 70.0 cm³/mol. The van der Waals surface area contributed by atoms with Crippen LogP contribution in [0.25, 0.3) is 0 Å². The van der Waals surface area contributed by atoms with Crippen molar-refractivity contribution in [1.82, 2.24) is 10.1 Å². The Labute approximate surface area is 118 Å². The number of hydrogen-bond donors (Lipinski definition) is 0. The second-order valence-electron chi connectivity index (χ2n) is 5.47. The van der Waals surface area contributed by atoms with Gasteiger partial charge in [0.15, 0.2) is 11.6 Å². The molecule has 2 aliphatic rings. The highest BCUT2D eigenvalue weighted by Gasteiger charge is 2.40. The van der Waals surface area contributed by atoms with E-state index in [0.29, 0.717) is 25.7 Å². The maximum Gasteiger partial charge on any atom is 0.252 e. The Balaban J connectivity index is 1.43. The molecule has 2 fully saturated rings. The van der Waals surface area contributed by atoms with Gasteiger partial charge in [-0.3, -0.25) is 0 Å². The van der Waals surface area contributed by atoms with Crippen LogP contribution >= 0.6 is 0 Å². The molecule has 1 aromatic heterocycles. The Morgan fingerprint density at radius 1 is 1.25 bits per heavy atom. The summed E-state index contributed by atoms with van der Waals surface area (Å²) in [4.78, 5) is 4.30. The largest absolute Gasteiger partial charge is 0.368 e. The monoisotopic (exact) mass is 282 g/mol. The average molecular weight is 282 g/mol. The van der Waals surface area contributed by atoms with Gasteiger partial charge in [-0.1, -0.05) is 12.1 Å². The SMILES string of the molecule is CCCc1noc(COC2CCC3(CC2)OCCO3)n1. The Hall–Kier alpha value is -0.980. The van der Waals surface area contributed by atoms with Gasteiger partial charge in [-0.15, -0.1) is 0 Å². The Morgan fingerprint density at radius 2 is 2.00 bits per heavy atom. The number of hydrogen-bond acceptors (Lipinski definition) is 6. The third-order valence-electron chi connectivity index (χ3n) is 3.93. The molecule has 0 aromatic carbocycles. The molecule has 3 rings (SSSR count). The van der Waals surface area contributed by atoms with Crippen LogP contribution in [0.4, 0.5) is 0 Å². The highest BCUT2D eigenvalue weighted by atomic mass is 16.7. The lowest BCUT2D eigenvalue weighted by Gasteiger charge is -2.34. The van der Waals surface area contributed by atoms with Crippen LogP contribution in [0.5, 0.6) is 0 Å². The topological polar surface area (TPSA) is 66.6 Å². The summed E-state index contributed by atoms with van der Waals surface area (Å²) in [5.41, 5.74) is 0. The zero-order valence-corrected chi connectivity index (χ0v) is 12.0. The minimum absolute atomic E-state index is 0.231. The quantitative estimate of drug-likeness (QED) is 0.825. The Kier molecular flexibility index (Phi) is 4.33. The van der Waals surface area contributed by atoms with E-state index in [2.05, 4.69) is 17.1 Å². The highest BCUT2D eigenvalue weighted by molar-refractivity contribution is 4.86. The molecule has 6 nitrogen and oxygen atoms in total. The Morgan fingerprint density at radius 3 is 2.70 bits per heavy atom. The first-order valence-corrected chi connectivity index (χ1v) is 7.51. The minimum atomic E-state index is -0.321. The van der Waals surface area contributed by atoms with E-state index in [4.69, 9.17) is 18.7 Å². The fourth-order valence-corrected chi connectivity index (χ4v) is 2.85. The predicted octanol–water partition coefficient (Wildman–Crippen LogP) is 2.22. The van der Waals surface area contributed by atoms with Crippen molar-refractivity contribution in [3.8, 4) is 0 Å². The summed E-state index contributed by atoms with van der Waals surface area (Å²) in [6.07, 6.45) is 5.82. The third kappa shape index (κ3) is 3.19. The number of rotatable bonds is 5. The van der Waals surface area contributed by atoms with Crippen molar-refractivity contribution < 1.29 is 18.7 Å². The lowest BCUT2D eigenvalue weighted by atomic mass is 9.92. The van der Waals surface area contributed by atoms with Gasteiger partial charge in [-0.05, 0) is 19.3 Å². The van der Waals surface area contributed by atoms with Gasteiger partial charge in [0.1, 0.15) is 6.61 Å². The van der Waals surface area contributed by atoms with Gasteiger partial charge in [0.25, 0.3) is 5.89 Å². The number of aromatic nitrogens is 2. The number of ether oxygens (including phenoxy) is 3. The first-order valence-electron chi connectivity index (χ1n) is 7.51. The summed E-state index contributed by atoms with van der Waals surface area (Å²) in [5, 5.41) is 3.92. The van der Waals surface area contributed by atoms with Crippen molar-refractivity contribution in [3.63, 3.8) is 0 Å². The molecule has 20 heavy (non-hydrogen) atoms. The van der Waals surface area contributed by atoms with Crippen LogP contribution in [0.1, 0.15) is 50.7 Å². The smallest absolute Gasteiger partial charge is 0.252 e. The van der Waals surface area contributed by atoms with E-state index in [0.717, 1.165) is 44.3 Å². The van der Waals surface area contributed by atoms with E-state index in [1.54, 1.807) is 0 Å². The van der Waals surface area contributed by atoms with Crippen LogP contribution in [-0.2, 0) is 27.2 Å². The first-order chi connectivity index (χ1) is 9.80. The van der Waals surface area contributed by atoms with E-state index in [1.165, 1.54) is 0 Å². The van der Waals surface area contributed by atoms with E-state index in [9.17, 15) is 0 Å². The van der Waals surface area contributed by atoms with Crippen molar-refractivity contribution in [1.29, 1.82) is 0 Å². The molecule has 112 valence electrons. The van der Waals surface area contributed by atoms with Crippen LogP contribution < -0.4 is 0 Å². The zero-order chi connectivity index (χ0) is 13.8. The van der Waals surface area contributed by atoms with E-state index in [1.807, 2.05) is 0 Å². The van der Waals surface area contributed by atoms with Gasteiger partial charge >= 0.3 is 0 Å². The first kappa shape index (κ1) is 14.0. The summed E-state index contributed by atoms with van der Waals surface area (Å²) >= 11 is 0. The zero-order valence-electron chi connectivity index (χ0n) is 12.0. The van der Waals surface area contributed by atoms with Crippen LogP contribution in [0, 0.1) is 0 Å². The van der Waals surface area contributed by atoms with Crippen molar-refractivity contribution in [2.75, 3.05) is 13.2 Å². The molecular weight excluding hydrogens is 260 g/mol. The second kappa shape index (κ2) is 6.20. The molecule has 1 spiro atoms. The molecule has 6 heteroatoms. The normalized spacial score (nSPS) is 22.6. The molecular formula is C14H22N2O4. The van der Waals surface area contributed by atoms with Crippen molar-refractivity contribution in [2.45, 2.75) is 63.9 Å². The van der Waals surface area contributed by atoms with Crippen molar-refractivity contribution >= 4 is 0 Å². The molecule has 1 aliphatic carbocycles. The third-order valence-corrected chi connectivity index (χ3v) is 3.93. The Bertz CT molecular complexity index is 419. The second-order valence-corrected chi connectivity index (χ2v) is 5.47. The highest BCUT2D eigenvalue weighted by Crippen LogP contribution is 2.36. The van der Waals surface area contributed by atoms with Gasteiger partial charge in [0.2, 0.25) is 0 Å². The molecule has 0 amide bonds. The summed E-state index contributed by atoms with van der Waals surface area (Å²) < 4.78 is 22.4. The van der Waals surface area contributed by atoms with E-state index >= 15 is 0 Å². The molecule has 2 heterocycles. The van der Waals surface area contributed by atoms with Crippen LogP contribution in [0.2, 0.25) is 0 Å². The fourth-order valence-electron chi connectivity index (χ4n) is 2.85. The molecule has 0 bridgehead atoms. The molecule has 1 aromatic rings. The van der Waals surface area contributed by atoms with Crippen molar-refractivity contribution in [2.24, 2.45) is 0 Å². The van der Waals surface area contributed by atoms with Gasteiger partial charge in [-0.25, -0.2) is 0 Å². The molecule has 0 N–H and O–H groups in total.